The number of aromatic nitrogens is 2. The van der Waals surface area contributed by atoms with Crippen molar-refractivity contribution in [1.29, 1.82) is 0 Å². The third-order valence-electron chi connectivity index (χ3n) is 11.7. The van der Waals surface area contributed by atoms with Crippen molar-refractivity contribution in [3.8, 4) is 78.4 Å². The zero-order valence-corrected chi connectivity index (χ0v) is 30.3. The second-order valence-corrected chi connectivity index (χ2v) is 14.9. The molecule has 0 saturated heterocycles. The minimum absolute atomic E-state index is 0.159. The van der Waals surface area contributed by atoms with Gasteiger partial charge in [-0.05, 0) is 92.7 Å². The van der Waals surface area contributed by atoms with Crippen molar-refractivity contribution < 1.29 is 0 Å². The molecule has 2 aliphatic rings. The van der Waals surface area contributed by atoms with Gasteiger partial charge in [-0.1, -0.05) is 177 Å². The van der Waals surface area contributed by atoms with Crippen LogP contribution in [0.2, 0.25) is 0 Å². The quantitative estimate of drug-likeness (QED) is 0.173. The van der Waals surface area contributed by atoms with Gasteiger partial charge in [-0.3, -0.25) is 0 Å². The van der Waals surface area contributed by atoms with Crippen LogP contribution >= 0.6 is 0 Å². The van der Waals surface area contributed by atoms with Gasteiger partial charge < -0.3 is 0 Å². The molecule has 0 radical (unpaired) electrons. The average Bonchev–Trinajstić information content (AvgIpc) is 3.52. The van der Waals surface area contributed by atoms with Gasteiger partial charge in [-0.2, -0.15) is 0 Å². The summed E-state index contributed by atoms with van der Waals surface area (Å²) in [6.45, 7) is 0. The summed E-state index contributed by atoms with van der Waals surface area (Å²) in [7, 11) is 0. The van der Waals surface area contributed by atoms with E-state index in [0.717, 1.165) is 45.0 Å². The molecule has 2 heteroatoms. The van der Waals surface area contributed by atoms with Crippen LogP contribution < -0.4 is 0 Å². The maximum Gasteiger partial charge on any atom is 0.160 e. The monoisotopic (exact) mass is 692 g/mol. The van der Waals surface area contributed by atoms with Gasteiger partial charge in [0.15, 0.2) is 5.82 Å². The van der Waals surface area contributed by atoms with Gasteiger partial charge in [0.05, 0.1) is 11.4 Å². The molecular weight excluding hydrogens is 653 g/mol. The number of rotatable bonds is 6. The fraction of sp³-hybridized carbons (Fsp3) is 0.115. The molecule has 0 bridgehead atoms. The first kappa shape index (κ1) is 32.3. The molecule has 1 saturated carbocycles. The highest BCUT2D eigenvalue weighted by atomic mass is 14.9. The smallest absolute Gasteiger partial charge is 0.160 e. The Hall–Kier alpha value is -6.38. The van der Waals surface area contributed by atoms with Gasteiger partial charge in [0.2, 0.25) is 0 Å². The maximum atomic E-state index is 5.06. The molecule has 2 aliphatic carbocycles. The SMILES string of the molecule is c1ccc(-c2cc(-c3ccccc3)nc(-c3cccc(-c4ccc(-c5cccc(-c6ccc7c(c6)C6(CCCCC6)c6ccccc6-7)c5)cc4)c3)n2)cc1. The van der Waals surface area contributed by atoms with E-state index in [0.29, 0.717) is 0 Å². The minimum Gasteiger partial charge on any atom is -0.228 e. The summed E-state index contributed by atoms with van der Waals surface area (Å²) in [4.78, 5) is 10.1. The average molecular weight is 693 g/mol. The lowest BCUT2D eigenvalue weighted by atomic mass is 9.67. The first-order valence-electron chi connectivity index (χ1n) is 19.3. The van der Waals surface area contributed by atoms with Gasteiger partial charge in [0, 0.05) is 22.1 Å². The number of benzene rings is 7. The first-order chi connectivity index (χ1) is 26.7. The van der Waals surface area contributed by atoms with Crippen LogP contribution in [-0.2, 0) is 5.41 Å². The largest absolute Gasteiger partial charge is 0.228 e. The highest BCUT2D eigenvalue weighted by Gasteiger charge is 2.43. The van der Waals surface area contributed by atoms with Crippen LogP contribution in [0.4, 0.5) is 0 Å². The molecule has 0 aliphatic heterocycles. The van der Waals surface area contributed by atoms with E-state index in [1.54, 1.807) is 5.56 Å². The summed E-state index contributed by atoms with van der Waals surface area (Å²) in [6, 6.07) is 65.8. The lowest BCUT2D eigenvalue weighted by Crippen LogP contribution is -2.28. The van der Waals surface area contributed by atoms with Crippen molar-refractivity contribution in [2.75, 3.05) is 0 Å². The Morgan fingerprint density at radius 3 is 1.41 bits per heavy atom. The van der Waals surface area contributed by atoms with Crippen LogP contribution in [0.25, 0.3) is 78.4 Å². The maximum absolute atomic E-state index is 5.06. The topological polar surface area (TPSA) is 25.8 Å². The van der Waals surface area contributed by atoms with Crippen molar-refractivity contribution in [2.45, 2.75) is 37.5 Å². The van der Waals surface area contributed by atoms with Crippen LogP contribution in [0.3, 0.4) is 0 Å². The van der Waals surface area contributed by atoms with Crippen LogP contribution in [0, 0.1) is 0 Å². The normalized spacial score (nSPS) is 14.1. The fourth-order valence-corrected chi connectivity index (χ4v) is 8.99. The van der Waals surface area contributed by atoms with Crippen LogP contribution in [0.15, 0.2) is 182 Å². The Morgan fingerprint density at radius 2 is 0.778 bits per heavy atom. The molecule has 0 unspecified atom stereocenters. The van der Waals surface area contributed by atoms with Gasteiger partial charge in [-0.15, -0.1) is 0 Å². The van der Waals surface area contributed by atoms with E-state index in [2.05, 4.69) is 170 Å². The number of fused-ring (bicyclic) bond motifs is 5. The molecule has 1 heterocycles. The van der Waals surface area contributed by atoms with Crippen molar-refractivity contribution in [3.63, 3.8) is 0 Å². The molecule has 2 nitrogen and oxygen atoms in total. The van der Waals surface area contributed by atoms with E-state index in [1.807, 2.05) is 12.1 Å². The molecule has 1 aromatic heterocycles. The molecular formula is C52H40N2. The molecule has 54 heavy (non-hydrogen) atoms. The lowest BCUT2D eigenvalue weighted by Gasteiger charge is -2.36. The zero-order valence-electron chi connectivity index (χ0n) is 30.3. The molecule has 7 aromatic carbocycles. The molecule has 1 fully saturated rings. The Balaban J connectivity index is 0.955. The minimum atomic E-state index is 0.159. The van der Waals surface area contributed by atoms with Gasteiger partial charge in [-0.25, -0.2) is 9.97 Å². The molecule has 0 N–H and O–H groups in total. The standard InChI is InChI=1S/C52H40N2/c1-4-14-38(15-5-1)49-35-50(39-16-6-2-7-17-39)54-51(53-49)44-21-13-19-41(33-44)37-26-24-36(25-27-37)40-18-12-20-42(32-40)43-28-29-46-45-22-8-9-23-47(45)52(48(46)34-43)30-10-3-11-31-52/h1-2,4-9,12-29,32-35H,3,10-11,30-31H2. The van der Waals surface area contributed by atoms with E-state index in [9.17, 15) is 0 Å². The Kier molecular flexibility index (Phi) is 8.10. The Bertz CT molecular complexity index is 2560. The van der Waals surface area contributed by atoms with Crippen LogP contribution in [0.5, 0.6) is 0 Å². The summed E-state index contributed by atoms with van der Waals surface area (Å²) in [5, 5.41) is 0. The van der Waals surface area contributed by atoms with Crippen LogP contribution in [-0.4, -0.2) is 9.97 Å². The van der Waals surface area contributed by atoms with Gasteiger partial charge in [0.1, 0.15) is 0 Å². The molecule has 258 valence electrons. The molecule has 8 aromatic rings. The number of hydrogen-bond acceptors (Lipinski definition) is 2. The third-order valence-corrected chi connectivity index (χ3v) is 11.7. The fourth-order valence-electron chi connectivity index (χ4n) is 8.99. The summed E-state index contributed by atoms with van der Waals surface area (Å²) in [6.07, 6.45) is 6.45. The second-order valence-electron chi connectivity index (χ2n) is 14.9. The summed E-state index contributed by atoms with van der Waals surface area (Å²) >= 11 is 0. The third kappa shape index (κ3) is 5.76. The van der Waals surface area contributed by atoms with Gasteiger partial charge in [0.25, 0.3) is 0 Å². The zero-order chi connectivity index (χ0) is 35.9. The Labute approximate surface area is 317 Å². The van der Waals surface area contributed by atoms with Crippen molar-refractivity contribution >= 4 is 0 Å². The lowest BCUT2D eigenvalue weighted by molar-refractivity contribution is 0.353. The van der Waals surface area contributed by atoms with Gasteiger partial charge >= 0.3 is 0 Å². The molecule has 10 rings (SSSR count). The molecule has 1 spiro atoms. The highest BCUT2D eigenvalue weighted by Crippen LogP contribution is 2.56. The van der Waals surface area contributed by atoms with Crippen molar-refractivity contribution in [1.82, 2.24) is 9.97 Å². The van der Waals surface area contributed by atoms with Crippen molar-refractivity contribution in [3.05, 3.63) is 193 Å². The summed E-state index contributed by atoms with van der Waals surface area (Å²) < 4.78 is 0. The summed E-state index contributed by atoms with van der Waals surface area (Å²) in [5.74, 6) is 0.718. The molecule has 0 amide bonds. The number of hydrogen-bond donors (Lipinski definition) is 0. The van der Waals surface area contributed by atoms with Crippen LogP contribution in [0.1, 0.15) is 43.2 Å². The van der Waals surface area contributed by atoms with E-state index in [4.69, 9.17) is 9.97 Å². The van der Waals surface area contributed by atoms with Crippen molar-refractivity contribution in [2.24, 2.45) is 0 Å². The van der Waals surface area contributed by atoms with E-state index >= 15 is 0 Å². The number of nitrogens with zero attached hydrogens (tertiary/aromatic N) is 2. The predicted octanol–water partition coefficient (Wildman–Crippen LogP) is 13.7. The predicted molar refractivity (Wildman–Crippen MR) is 224 cm³/mol. The van der Waals surface area contributed by atoms with E-state index in [-0.39, 0.29) is 5.41 Å². The van der Waals surface area contributed by atoms with E-state index < -0.39 is 0 Å². The Morgan fingerprint density at radius 1 is 0.315 bits per heavy atom. The highest BCUT2D eigenvalue weighted by molar-refractivity contribution is 5.85. The van der Waals surface area contributed by atoms with E-state index in [1.165, 1.54) is 71.0 Å². The first-order valence-corrected chi connectivity index (χ1v) is 19.3. The second kappa shape index (κ2) is 13.5. The summed E-state index contributed by atoms with van der Waals surface area (Å²) in [5.41, 5.74) is 18.4. The molecule has 0 atom stereocenters.